The summed E-state index contributed by atoms with van der Waals surface area (Å²) in [5.74, 6) is 0.639. The van der Waals surface area contributed by atoms with Crippen LogP contribution in [-0.4, -0.2) is 22.4 Å². The molecule has 4 heteroatoms. The van der Waals surface area contributed by atoms with Crippen molar-refractivity contribution in [1.82, 2.24) is 10.2 Å². The average molecular weight is 216 g/mol. The van der Waals surface area contributed by atoms with Crippen LogP contribution in [0, 0.1) is 0 Å². The van der Waals surface area contributed by atoms with E-state index in [0.717, 1.165) is 0 Å². The van der Waals surface area contributed by atoms with Crippen molar-refractivity contribution in [1.29, 1.82) is 0 Å². The number of hydrogen-bond acceptors (Lipinski definition) is 4. The number of benzene rings is 1. The molecule has 0 bridgehead atoms. The third-order valence-electron chi connectivity index (χ3n) is 2.31. The minimum absolute atomic E-state index is 0.506. The van der Waals surface area contributed by atoms with Gasteiger partial charge in [-0.25, -0.2) is 0 Å². The molecular formula is C12H12N2O2. The summed E-state index contributed by atoms with van der Waals surface area (Å²) < 4.78 is 5.18. The monoisotopic (exact) mass is 216 g/mol. The van der Waals surface area contributed by atoms with E-state index in [0.29, 0.717) is 17.0 Å². The fraction of sp³-hybridized carbons (Fsp3) is 0.167. The first kappa shape index (κ1) is 10.6. The van der Waals surface area contributed by atoms with Crippen LogP contribution in [-0.2, 0) is 0 Å². The van der Waals surface area contributed by atoms with Gasteiger partial charge < -0.3 is 9.84 Å². The normalized spacial score (nSPS) is 12.1. The summed E-state index contributed by atoms with van der Waals surface area (Å²) in [6.45, 7) is 0. The van der Waals surface area contributed by atoms with Crippen molar-refractivity contribution in [2.45, 2.75) is 6.10 Å². The summed E-state index contributed by atoms with van der Waals surface area (Å²) in [6, 6.07) is 10.8. The Hall–Kier alpha value is -1.94. The number of aliphatic hydroxyl groups excluding tert-OH is 1. The number of aromatic nitrogens is 2. The van der Waals surface area contributed by atoms with Crippen LogP contribution in [0.4, 0.5) is 0 Å². The van der Waals surface area contributed by atoms with Gasteiger partial charge in [-0.2, -0.15) is 10.2 Å². The molecule has 0 aliphatic carbocycles. The Morgan fingerprint density at radius 2 is 2.00 bits per heavy atom. The lowest BCUT2D eigenvalue weighted by Gasteiger charge is -2.13. The van der Waals surface area contributed by atoms with Gasteiger partial charge in [0, 0.05) is 11.8 Å². The van der Waals surface area contributed by atoms with Gasteiger partial charge in [-0.15, -0.1) is 0 Å². The van der Waals surface area contributed by atoms with Crippen molar-refractivity contribution < 1.29 is 9.84 Å². The summed E-state index contributed by atoms with van der Waals surface area (Å²) in [6.07, 6.45) is 0.753. The molecule has 4 nitrogen and oxygen atoms in total. The highest BCUT2D eigenvalue weighted by atomic mass is 16.5. The van der Waals surface area contributed by atoms with Crippen molar-refractivity contribution in [3.05, 3.63) is 53.9 Å². The first-order valence-corrected chi connectivity index (χ1v) is 4.91. The summed E-state index contributed by atoms with van der Waals surface area (Å²) in [5, 5.41) is 17.7. The van der Waals surface area contributed by atoms with E-state index < -0.39 is 6.10 Å². The number of nitrogens with zero attached hydrogens (tertiary/aromatic N) is 2. The SMILES string of the molecule is COc1ccccc1C(O)c1cccnn1. The second kappa shape index (κ2) is 4.72. The molecule has 1 atom stereocenters. The second-order valence-corrected chi connectivity index (χ2v) is 3.29. The molecule has 1 aromatic heterocycles. The van der Waals surface area contributed by atoms with Crippen molar-refractivity contribution >= 4 is 0 Å². The maximum atomic E-state index is 10.1. The Bertz CT molecular complexity index is 460. The van der Waals surface area contributed by atoms with Crippen LogP contribution in [0.25, 0.3) is 0 Å². The molecule has 0 amide bonds. The van der Waals surface area contributed by atoms with Crippen molar-refractivity contribution in [2.75, 3.05) is 7.11 Å². The maximum absolute atomic E-state index is 10.1. The highest BCUT2D eigenvalue weighted by Crippen LogP contribution is 2.27. The Morgan fingerprint density at radius 3 is 2.69 bits per heavy atom. The molecule has 16 heavy (non-hydrogen) atoms. The number of methoxy groups -OCH3 is 1. The third kappa shape index (κ3) is 2.01. The van der Waals surface area contributed by atoms with Crippen LogP contribution in [0.5, 0.6) is 5.75 Å². The van der Waals surface area contributed by atoms with Crippen molar-refractivity contribution in [2.24, 2.45) is 0 Å². The van der Waals surface area contributed by atoms with Crippen molar-refractivity contribution in [3.63, 3.8) is 0 Å². The van der Waals surface area contributed by atoms with Crippen LogP contribution in [0.1, 0.15) is 17.4 Å². The number of ether oxygens (including phenoxy) is 1. The first-order chi connectivity index (χ1) is 7.83. The second-order valence-electron chi connectivity index (χ2n) is 3.29. The molecule has 0 saturated heterocycles. The van der Waals surface area contributed by atoms with Gasteiger partial charge in [-0.3, -0.25) is 0 Å². The van der Waals surface area contributed by atoms with Gasteiger partial charge in [-0.1, -0.05) is 18.2 Å². The summed E-state index contributed by atoms with van der Waals surface area (Å²) in [5.41, 5.74) is 1.19. The molecule has 1 heterocycles. The van der Waals surface area contributed by atoms with Crippen molar-refractivity contribution in [3.8, 4) is 5.75 Å². The fourth-order valence-corrected chi connectivity index (χ4v) is 1.51. The predicted octanol–water partition coefficient (Wildman–Crippen LogP) is 1.57. The highest BCUT2D eigenvalue weighted by Gasteiger charge is 2.15. The van der Waals surface area contributed by atoms with E-state index in [1.54, 1.807) is 37.6 Å². The van der Waals surface area contributed by atoms with E-state index in [-0.39, 0.29) is 0 Å². The third-order valence-corrected chi connectivity index (χ3v) is 2.31. The van der Waals surface area contributed by atoms with Crippen LogP contribution >= 0.6 is 0 Å². The van der Waals surface area contributed by atoms with E-state index in [4.69, 9.17) is 4.74 Å². The van der Waals surface area contributed by atoms with Crippen LogP contribution in [0.15, 0.2) is 42.6 Å². The number of hydrogen-bond donors (Lipinski definition) is 1. The zero-order valence-corrected chi connectivity index (χ0v) is 8.87. The molecule has 2 rings (SSSR count). The average Bonchev–Trinajstić information content (AvgIpc) is 2.39. The summed E-state index contributed by atoms with van der Waals surface area (Å²) in [7, 11) is 1.57. The molecule has 82 valence electrons. The quantitative estimate of drug-likeness (QED) is 0.846. The summed E-state index contributed by atoms with van der Waals surface area (Å²) >= 11 is 0. The van der Waals surface area contributed by atoms with E-state index in [2.05, 4.69) is 10.2 Å². The lowest BCUT2D eigenvalue weighted by molar-refractivity contribution is 0.208. The molecule has 1 aromatic carbocycles. The smallest absolute Gasteiger partial charge is 0.126 e. The molecule has 0 radical (unpaired) electrons. The van der Waals surface area contributed by atoms with Gasteiger partial charge in [0.1, 0.15) is 11.9 Å². The molecule has 1 N–H and O–H groups in total. The topological polar surface area (TPSA) is 55.2 Å². The van der Waals surface area contributed by atoms with Gasteiger partial charge >= 0.3 is 0 Å². The predicted molar refractivity (Wildman–Crippen MR) is 59.1 cm³/mol. The minimum atomic E-state index is -0.815. The fourth-order valence-electron chi connectivity index (χ4n) is 1.51. The Balaban J connectivity index is 2.37. The van der Waals surface area contributed by atoms with Gasteiger partial charge in [0.15, 0.2) is 0 Å². The molecule has 0 fully saturated rings. The van der Waals surface area contributed by atoms with Gasteiger partial charge in [0.25, 0.3) is 0 Å². The lowest BCUT2D eigenvalue weighted by Crippen LogP contribution is -2.04. The van der Waals surface area contributed by atoms with Crippen LogP contribution < -0.4 is 4.74 Å². The molecule has 0 saturated carbocycles. The molecule has 1 unspecified atom stereocenters. The van der Waals surface area contributed by atoms with E-state index in [1.807, 2.05) is 12.1 Å². The number of aliphatic hydroxyl groups is 1. The standard InChI is InChI=1S/C12H12N2O2/c1-16-11-7-3-2-5-9(11)12(15)10-6-4-8-13-14-10/h2-8,12,15H,1H3. The van der Waals surface area contributed by atoms with Gasteiger partial charge in [0.05, 0.1) is 12.8 Å². The van der Waals surface area contributed by atoms with E-state index >= 15 is 0 Å². The Labute approximate surface area is 93.5 Å². The Morgan fingerprint density at radius 1 is 1.19 bits per heavy atom. The van der Waals surface area contributed by atoms with Gasteiger partial charge in [0.2, 0.25) is 0 Å². The molecule has 2 aromatic rings. The van der Waals surface area contributed by atoms with E-state index in [9.17, 15) is 5.11 Å². The Kier molecular flexibility index (Phi) is 3.12. The zero-order valence-electron chi connectivity index (χ0n) is 8.87. The minimum Gasteiger partial charge on any atom is -0.496 e. The molecule has 0 aliphatic heterocycles. The largest absolute Gasteiger partial charge is 0.496 e. The van der Waals surface area contributed by atoms with E-state index in [1.165, 1.54) is 0 Å². The number of para-hydroxylation sites is 1. The highest BCUT2D eigenvalue weighted by molar-refractivity contribution is 5.38. The molecule has 0 spiro atoms. The maximum Gasteiger partial charge on any atom is 0.126 e. The van der Waals surface area contributed by atoms with Crippen LogP contribution in [0.3, 0.4) is 0 Å². The molecular weight excluding hydrogens is 204 g/mol. The first-order valence-electron chi connectivity index (χ1n) is 4.91. The summed E-state index contributed by atoms with van der Waals surface area (Å²) in [4.78, 5) is 0. The van der Waals surface area contributed by atoms with Crippen LogP contribution in [0.2, 0.25) is 0 Å². The van der Waals surface area contributed by atoms with Gasteiger partial charge in [-0.05, 0) is 18.2 Å². The number of rotatable bonds is 3. The molecule has 0 aliphatic rings. The zero-order chi connectivity index (χ0) is 11.4. The lowest BCUT2D eigenvalue weighted by atomic mass is 10.1.